The van der Waals surface area contributed by atoms with Crippen LogP contribution in [0.5, 0.6) is 0 Å². The van der Waals surface area contributed by atoms with Gasteiger partial charge in [-0.15, -0.1) is 11.6 Å². The molecule has 0 aliphatic heterocycles. The van der Waals surface area contributed by atoms with E-state index in [4.69, 9.17) is 11.6 Å². The minimum Gasteiger partial charge on any atom is -0.292 e. The monoisotopic (exact) mass is 278 g/mol. The van der Waals surface area contributed by atoms with E-state index in [1.54, 1.807) is 16.7 Å². The number of hydrogen-bond donors (Lipinski definition) is 0. The van der Waals surface area contributed by atoms with Gasteiger partial charge in [0.25, 0.3) is 0 Å². The van der Waals surface area contributed by atoms with Crippen molar-refractivity contribution >= 4 is 22.6 Å². The molecule has 0 unspecified atom stereocenters. The normalized spacial score (nSPS) is 11.1. The quantitative estimate of drug-likeness (QED) is 0.647. The van der Waals surface area contributed by atoms with Gasteiger partial charge in [-0.3, -0.25) is 4.57 Å². The molecule has 0 saturated carbocycles. The molecule has 2 nitrogen and oxygen atoms in total. The van der Waals surface area contributed by atoms with Gasteiger partial charge < -0.3 is 0 Å². The summed E-state index contributed by atoms with van der Waals surface area (Å²) in [6.07, 6.45) is 0. The fourth-order valence-electron chi connectivity index (χ4n) is 2.09. The van der Waals surface area contributed by atoms with Crippen molar-refractivity contribution in [3.63, 3.8) is 0 Å². The minimum absolute atomic E-state index is 0.115. The van der Waals surface area contributed by atoms with Crippen molar-refractivity contribution in [1.82, 2.24) is 9.55 Å². The molecule has 0 N–H and O–H groups in total. The van der Waals surface area contributed by atoms with Crippen LogP contribution in [0.1, 0.15) is 5.82 Å². The van der Waals surface area contributed by atoms with E-state index in [9.17, 15) is 8.78 Å². The van der Waals surface area contributed by atoms with Crippen molar-refractivity contribution in [3.8, 4) is 5.69 Å². The van der Waals surface area contributed by atoms with E-state index in [-0.39, 0.29) is 11.6 Å². The molecule has 0 atom stereocenters. The molecule has 19 heavy (non-hydrogen) atoms. The number of hydrogen-bond acceptors (Lipinski definition) is 1. The van der Waals surface area contributed by atoms with Crippen LogP contribution in [0.25, 0.3) is 16.7 Å². The smallest absolute Gasteiger partial charge is 0.147 e. The van der Waals surface area contributed by atoms with Gasteiger partial charge in [0.05, 0.1) is 22.6 Å². The first-order chi connectivity index (χ1) is 9.20. The number of para-hydroxylation sites is 2. The van der Waals surface area contributed by atoms with Crippen LogP contribution in [0.15, 0.2) is 42.5 Å². The maximum Gasteiger partial charge on any atom is 0.147 e. The molecule has 1 aromatic heterocycles. The number of rotatable bonds is 2. The van der Waals surface area contributed by atoms with Gasteiger partial charge in [-0.25, -0.2) is 13.8 Å². The number of nitrogens with zero attached hydrogens (tertiary/aromatic N) is 2. The summed E-state index contributed by atoms with van der Waals surface area (Å²) in [6, 6.07) is 10.6. The van der Waals surface area contributed by atoms with Crippen LogP contribution in [-0.4, -0.2) is 9.55 Å². The van der Waals surface area contributed by atoms with Crippen LogP contribution in [-0.2, 0) is 5.88 Å². The fraction of sp³-hybridized carbons (Fsp3) is 0.0714. The Labute approximate surface area is 113 Å². The van der Waals surface area contributed by atoms with Gasteiger partial charge in [-0.2, -0.15) is 0 Å². The standard InChI is InChI=1S/C14H9ClF2N2/c15-8-14-18-11-3-1-2-4-12(11)19(14)13-7-9(16)5-6-10(13)17/h1-7H,8H2. The zero-order valence-corrected chi connectivity index (χ0v) is 10.5. The van der Waals surface area contributed by atoms with E-state index in [0.29, 0.717) is 16.9 Å². The van der Waals surface area contributed by atoms with Crippen molar-refractivity contribution in [2.24, 2.45) is 0 Å². The lowest BCUT2D eigenvalue weighted by Gasteiger charge is -2.09. The average molecular weight is 279 g/mol. The Hall–Kier alpha value is -1.94. The van der Waals surface area contributed by atoms with Crippen molar-refractivity contribution in [1.29, 1.82) is 0 Å². The van der Waals surface area contributed by atoms with Crippen molar-refractivity contribution in [2.45, 2.75) is 5.88 Å². The van der Waals surface area contributed by atoms with Crippen molar-refractivity contribution in [2.75, 3.05) is 0 Å². The SMILES string of the molecule is Fc1ccc(F)c(-n2c(CCl)nc3ccccc32)c1. The molecular weight excluding hydrogens is 270 g/mol. The third kappa shape index (κ3) is 1.98. The first kappa shape index (κ1) is 12.1. The molecule has 3 rings (SSSR count). The molecule has 0 radical (unpaired) electrons. The second-order valence-electron chi connectivity index (χ2n) is 4.08. The second-order valence-corrected chi connectivity index (χ2v) is 4.35. The highest BCUT2D eigenvalue weighted by atomic mass is 35.5. The topological polar surface area (TPSA) is 17.8 Å². The molecule has 0 fully saturated rings. The fourth-order valence-corrected chi connectivity index (χ4v) is 2.27. The molecule has 0 amide bonds. The third-order valence-electron chi connectivity index (χ3n) is 2.90. The van der Waals surface area contributed by atoms with Crippen LogP contribution in [0.4, 0.5) is 8.78 Å². The van der Waals surface area contributed by atoms with Crippen molar-refractivity contribution in [3.05, 3.63) is 59.9 Å². The molecule has 0 bridgehead atoms. The largest absolute Gasteiger partial charge is 0.292 e. The van der Waals surface area contributed by atoms with E-state index < -0.39 is 11.6 Å². The summed E-state index contributed by atoms with van der Waals surface area (Å²) < 4.78 is 28.8. The van der Waals surface area contributed by atoms with Gasteiger partial charge in [0.2, 0.25) is 0 Å². The summed E-state index contributed by atoms with van der Waals surface area (Å²) >= 11 is 5.85. The van der Waals surface area contributed by atoms with E-state index >= 15 is 0 Å². The predicted molar refractivity (Wildman–Crippen MR) is 70.5 cm³/mol. The summed E-state index contributed by atoms with van der Waals surface area (Å²) in [5.74, 6) is -0.428. The van der Waals surface area contributed by atoms with Gasteiger partial charge in [-0.05, 0) is 24.3 Å². The highest BCUT2D eigenvalue weighted by Gasteiger charge is 2.15. The number of imidazole rings is 1. The zero-order valence-electron chi connectivity index (χ0n) is 9.78. The van der Waals surface area contributed by atoms with Gasteiger partial charge in [0, 0.05) is 6.07 Å². The first-order valence-corrected chi connectivity index (χ1v) is 6.22. The Bertz CT molecular complexity index is 752. The van der Waals surface area contributed by atoms with Crippen molar-refractivity contribution < 1.29 is 8.78 Å². The molecular formula is C14H9ClF2N2. The number of benzene rings is 2. The van der Waals surface area contributed by atoms with Gasteiger partial charge >= 0.3 is 0 Å². The molecule has 2 aromatic carbocycles. The number of alkyl halides is 1. The molecule has 0 saturated heterocycles. The summed E-state index contributed by atoms with van der Waals surface area (Å²) in [5.41, 5.74) is 1.51. The molecule has 96 valence electrons. The summed E-state index contributed by atoms with van der Waals surface area (Å²) in [5, 5.41) is 0. The summed E-state index contributed by atoms with van der Waals surface area (Å²) in [4.78, 5) is 4.32. The molecule has 0 aliphatic rings. The Morgan fingerprint density at radius 1 is 1.11 bits per heavy atom. The highest BCUT2D eigenvalue weighted by molar-refractivity contribution is 6.17. The Morgan fingerprint density at radius 3 is 2.68 bits per heavy atom. The highest BCUT2D eigenvalue weighted by Crippen LogP contribution is 2.24. The van der Waals surface area contributed by atoms with Crippen LogP contribution in [0.3, 0.4) is 0 Å². The maximum atomic E-state index is 13.9. The Kier molecular flexibility index (Phi) is 2.95. The second kappa shape index (κ2) is 4.63. The first-order valence-electron chi connectivity index (χ1n) is 5.68. The third-order valence-corrected chi connectivity index (χ3v) is 3.14. The van der Waals surface area contributed by atoms with Crippen LogP contribution in [0.2, 0.25) is 0 Å². The van der Waals surface area contributed by atoms with E-state index in [0.717, 1.165) is 18.2 Å². The molecule has 0 spiro atoms. The maximum absolute atomic E-state index is 13.9. The molecule has 1 heterocycles. The van der Waals surface area contributed by atoms with Crippen LogP contribution in [0, 0.1) is 11.6 Å². The Morgan fingerprint density at radius 2 is 1.89 bits per heavy atom. The molecule has 5 heteroatoms. The van der Waals surface area contributed by atoms with E-state index in [1.807, 2.05) is 12.1 Å². The number of halogens is 3. The number of fused-ring (bicyclic) bond motifs is 1. The molecule has 3 aromatic rings. The van der Waals surface area contributed by atoms with E-state index in [2.05, 4.69) is 4.98 Å². The Balaban J connectivity index is 2.37. The lowest BCUT2D eigenvalue weighted by atomic mass is 10.2. The summed E-state index contributed by atoms with van der Waals surface area (Å²) in [6.45, 7) is 0. The van der Waals surface area contributed by atoms with Crippen LogP contribution >= 0.6 is 11.6 Å². The van der Waals surface area contributed by atoms with Gasteiger partial charge in [0.1, 0.15) is 17.5 Å². The van der Waals surface area contributed by atoms with Gasteiger partial charge in [-0.1, -0.05) is 12.1 Å². The van der Waals surface area contributed by atoms with E-state index in [1.165, 1.54) is 0 Å². The lowest BCUT2D eigenvalue weighted by Crippen LogP contribution is -2.02. The number of aromatic nitrogens is 2. The predicted octanol–water partition coefficient (Wildman–Crippen LogP) is 4.04. The summed E-state index contributed by atoms with van der Waals surface area (Å²) in [7, 11) is 0. The minimum atomic E-state index is -0.518. The average Bonchev–Trinajstić information content (AvgIpc) is 2.80. The molecule has 0 aliphatic carbocycles. The van der Waals surface area contributed by atoms with Gasteiger partial charge in [0.15, 0.2) is 0 Å². The lowest BCUT2D eigenvalue weighted by molar-refractivity contribution is 0.592. The van der Waals surface area contributed by atoms with Crippen LogP contribution < -0.4 is 0 Å². The zero-order chi connectivity index (χ0) is 13.4.